The summed E-state index contributed by atoms with van der Waals surface area (Å²) in [4.78, 5) is 0. The zero-order chi connectivity index (χ0) is 11.2. The summed E-state index contributed by atoms with van der Waals surface area (Å²) in [5.74, 6) is 0. The van der Waals surface area contributed by atoms with Crippen LogP contribution in [0.2, 0.25) is 0 Å². The van der Waals surface area contributed by atoms with Gasteiger partial charge >= 0.3 is 0 Å². The van der Waals surface area contributed by atoms with Gasteiger partial charge in [0.15, 0.2) is 0 Å². The molecule has 0 aliphatic heterocycles. The van der Waals surface area contributed by atoms with E-state index in [4.69, 9.17) is 0 Å². The smallest absolute Gasteiger partial charge is 0.0419 e. The van der Waals surface area contributed by atoms with Gasteiger partial charge in [-0.1, -0.05) is 36.4 Å². The highest BCUT2D eigenvalue weighted by Crippen LogP contribution is 2.22. The minimum Gasteiger partial charge on any atom is -0.384 e. The fourth-order valence-electron chi connectivity index (χ4n) is 1.87. The van der Waals surface area contributed by atoms with Gasteiger partial charge in [0.05, 0.1) is 0 Å². The van der Waals surface area contributed by atoms with Crippen LogP contribution in [0.4, 0.5) is 5.69 Å². The molecule has 84 valence electrons. The summed E-state index contributed by atoms with van der Waals surface area (Å²) in [7, 11) is 1.98. The highest BCUT2D eigenvalue weighted by molar-refractivity contribution is 5.93. The molecule has 0 aliphatic carbocycles. The Hall–Kier alpha value is -1.54. The zero-order valence-electron chi connectivity index (χ0n) is 9.66. The Morgan fingerprint density at radius 1 is 0.938 bits per heavy atom. The first-order chi connectivity index (χ1) is 7.92. The molecule has 2 heteroatoms. The number of benzene rings is 2. The van der Waals surface area contributed by atoms with Crippen LogP contribution in [-0.4, -0.2) is 20.1 Å². The van der Waals surface area contributed by atoms with E-state index in [-0.39, 0.29) is 0 Å². The Balaban J connectivity index is 2.11. The second kappa shape index (κ2) is 5.52. The minimum absolute atomic E-state index is 1.01. The zero-order valence-corrected chi connectivity index (χ0v) is 9.66. The van der Waals surface area contributed by atoms with Crippen molar-refractivity contribution in [3.63, 3.8) is 0 Å². The largest absolute Gasteiger partial charge is 0.384 e. The van der Waals surface area contributed by atoms with Crippen LogP contribution < -0.4 is 10.6 Å². The van der Waals surface area contributed by atoms with E-state index in [0.717, 1.165) is 19.5 Å². The van der Waals surface area contributed by atoms with E-state index in [9.17, 15) is 0 Å². The van der Waals surface area contributed by atoms with E-state index >= 15 is 0 Å². The number of hydrogen-bond acceptors (Lipinski definition) is 2. The average Bonchev–Trinajstić information content (AvgIpc) is 2.35. The van der Waals surface area contributed by atoms with Crippen molar-refractivity contribution in [2.45, 2.75) is 6.42 Å². The first kappa shape index (κ1) is 11.0. The summed E-state index contributed by atoms with van der Waals surface area (Å²) in [5, 5.41) is 9.23. The van der Waals surface area contributed by atoms with Crippen LogP contribution in [0.1, 0.15) is 6.42 Å². The maximum absolute atomic E-state index is 3.48. The molecule has 0 unspecified atom stereocenters. The normalized spacial score (nSPS) is 10.6. The van der Waals surface area contributed by atoms with Crippen molar-refractivity contribution in [1.82, 2.24) is 5.32 Å². The van der Waals surface area contributed by atoms with Crippen molar-refractivity contribution in [2.24, 2.45) is 0 Å². The number of hydrogen-bond donors (Lipinski definition) is 2. The van der Waals surface area contributed by atoms with Crippen LogP contribution in [0.25, 0.3) is 10.8 Å². The van der Waals surface area contributed by atoms with Gasteiger partial charge in [0, 0.05) is 17.6 Å². The second-order valence-corrected chi connectivity index (χ2v) is 3.91. The van der Waals surface area contributed by atoms with Crippen molar-refractivity contribution >= 4 is 16.5 Å². The molecule has 0 aliphatic rings. The molecular weight excluding hydrogens is 196 g/mol. The lowest BCUT2D eigenvalue weighted by atomic mass is 10.1. The summed E-state index contributed by atoms with van der Waals surface area (Å²) < 4.78 is 0. The molecule has 2 rings (SSSR count). The molecule has 0 heterocycles. The number of rotatable bonds is 5. The third kappa shape index (κ3) is 2.52. The Morgan fingerprint density at radius 2 is 1.75 bits per heavy atom. The monoisotopic (exact) mass is 214 g/mol. The van der Waals surface area contributed by atoms with Gasteiger partial charge in [-0.3, -0.25) is 0 Å². The number of anilines is 1. The molecule has 16 heavy (non-hydrogen) atoms. The summed E-state index contributed by atoms with van der Waals surface area (Å²) in [6.45, 7) is 2.06. The van der Waals surface area contributed by atoms with E-state index < -0.39 is 0 Å². The maximum Gasteiger partial charge on any atom is 0.0419 e. The van der Waals surface area contributed by atoms with Crippen molar-refractivity contribution in [3.8, 4) is 0 Å². The lowest BCUT2D eigenvalue weighted by Crippen LogP contribution is -2.12. The molecule has 0 radical (unpaired) electrons. The Kier molecular flexibility index (Phi) is 3.78. The van der Waals surface area contributed by atoms with E-state index in [1.165, 1.54) is 16.5 Å². The quantitative estimate of drug-likeness (QED) is 0.748. The predicted octanol–water partition coefficient (Wildman–Crippen LogP) is 2.86. The molecular formula is C14H18N2. The SMILES string of the molecule is CNCCCNc1cccc2ccccc12. The third-order valence-corrected chi connectivity index (χ3v) is 2.71. The van der Waals surface area contributed by atoms with Gasteiger partial charge in [-0.2, -0.15) is 0 Å². The van der Waals surface area contributed by atoms with Crippen LogP contribution in [0.3, 0.4) is 0 Å². The van der Waals surface area contributed by atoms with Gasteiger partial charge < -0.3 is 10.6 Å². The molecule has 2 aromatic carbocycles. The molecule has 2 aromatic rings. The molecule has 0 fully saturated rings. The molecule has 2 N–H and O–H groups in total. The van der Waals surface area contributed by atoms with Crippen LogP contribution in [0, 0.1) is 0 Å². The fourth-order valence-corrected chi connectivity index (χ4v) is 1.87. The van der Waals surface area contributed by atoms with Gasteiger partial charge in [-0.05, 0) is 31.5 Å². The first-order valence-electron chi connectivity index (χ1n) is 5.78. The van der Waals surface area contributed by atoms with Crippen molar-refractivity contribution in [3.05, 3.63) is 42.5 Å². The molecule has 0 amide bonds. The maximum atomic E-state index is 3.48. The van der Waals surface area contributed by atoms with Gasteiger partial charge in [0.2, 0.25) is 0 Å². The van der Waals surface area contributed by atoms with E-state index in [1.54, 1.807) is 0 Å². The molecule has 0 aromatic heterocycles. The van der Waals surface area contributed by atoms with Crippen LogP contribution >= 0.6 is 0 Å². The van der Waals surface area contributed by atoms with Crippen molar-refractivity contribution < 1.29 is 0 Å². The molecule has 0 saturated carbocycles. The number of nitrogens with one attached hydrogen (secondary N) is 2. The first-order valence-corrected chi connectivity index (χ1v) is 5.78. The summed E-state index contributed by atoms with van der Waals surface area (Å²) >= 11 is 0. The topological polar surface area (TPSA) is 24.1 Å². The molecule has 0 atom stereocenters. The number of fused-ring (bicyclic) bond motifs is 1. The molecule has 0 bridgehead atoms. The fraction of sp³-hybridized carbons (Fsp3) is 0.286. The summed E-state index contributed by atoms with van der Waals surface area (Å²) in [6.07, 6.45) is 1.14. The highest BCUT2D eigenvalue weighted by Gasteiger charge is 1.98. The highest BCUT2D eigenvalue weighted by atomic mass is 14.9. The van der Waals surface area contributed by atoms with Gasteiger partial charge in [0.25, 0.3) is 0 Å². The Bertz CT molecular complexity index is 446. The predicted molar refractivity (Wildman–Crippen MR) is 71.0 cm³/mol. The Labute approximate surface area is 96.7 Å². The molecule has 2 nitrogen and oxygen atoms in total. The lowest BCUT2D eigenvalue weighted by molar-refractivity contribution is 0.748. The van der Waals surface area contributed by atoms with Crippen LogP contribution in [0.15, 0.2) is 42.5 Å². The molecule has 0 spiro atoms. The van der Waals surface area contributed by atoms with Gasteiger partial charge in [-0.25, -0.2) is 0 Å². The molecule has 0 saturated heterocycles. The van der Waals surface area contributed by atoms with Gasteiger partial charge in [-0.15, -0.1) is 0 Å². The van der Waals surface area contributed by atoms with Crippen molar-refractivity contribution in [1.29, 1.82) is 0 Å². The van der Waals surface area contributed by atoms with E-state index in [1.807, 2.05) is 7.05 Å². The standard InChI is InChI=1S/C14H18N2/c1-15-10-5-11-16-14-9-4-7-12-6-2-3-8-13(12)14/h2-4,6-9,15-16H,5,10-11H2,1H3. The second-order valence-electron chi connectivity index (χ2n) is 3.91. The summed E-state index contributed by atoms with van der Waals surface area (Å²) in [6, 6.07) is 14.9. The van der Waals surface area contributed by atoms with Gasteiger partial charge in [0.1, 0.15) is 0 Å². The van der Waals surface area contributed by atoms with Crippen molar-refractivity contribution in [2.75, 3.05) is 25.5 Å². The average molecular weight is 214 g/mol. The van der Waals surface area contributed by atoms with Crippen LogP contribution in [0.5, 0.6) is 0 Å². The van der Waals surface area contributed by atoms with E-state index in [2.05, 4.69) is 53.1 Å². The Morgan fingerprint density at radius 3 is 2.62 bits per heavy atom. The third-order valence-electron chi connectivity index (χ3n) is 2.71. The minimum atomic E-state index is 1.01. The van der Waals surface area contributed by atoms with E-state index in [0.29, 0.717) is 0 Å². The summed E-state index contributed by atoms with van der Waals surface area (Å²) in [5.41, 5.74) is 1.23. The van der Waals surface area contributed by atoms with Crippen LogP contribution in [-0.2, 0) is 0 Å². The lowest BCUT2D eigenvalue weighted by Gasteiger charge is -2.09.